The monoisotopic (exact) mass is 410 g/mol. The summed E-state index contributed by atoms with van der Waals surface area (Å²) < 4.78 is 20.7. The number of para-hydroxylation sites is 1. The first-order valence-electron chi connectivity index (χ1n) is 8.72. The number of anilines is 1. The number of hydrogen-bond acceptors (Lipinski definition) is 6. The highest BCUT2D eigenvalue weighted by Gasteiger charge is 2.13. The first-order chi connectivity index (χ1) is 14.1. The Bertz CT molecular complexity index is 1220. The maximum atomic E-state index is 13.3. The third-order valence-electron chi connectivity index (χ3n) is 3.99. The van der Waals surface area contributed by atoms with Crippen LogP contribution in [0.2, 0.25) is 0 Å². The lowest BCUT2D eigenvalue weighted by Crippen LogP contribution is -2.28. The van der Waals surface area contributed by atoms with E-state index >= 15 is 0 Å². The van der Waals surface area contributed by atoms with Gasteiger partial charge in [-0.15, -0.1) is 0 Å². The highest BCUT2D eigenvalue weighted by Crippen LogP contribution is 2.26. The summed E-state index contributed by atoms with van der Waals surface area (Å²) in [6.07, 6.45) is 0. The number of carbonyl (C=O) groups is 1. The van der Waals surface area contributed by atoms with E-state index in [-0.39, 0.29) is 30.2 Å². The molecule has 0 aliphatic rings. The van der Waals surface area contributed by atoms with Crippen LogP contribution in [-0.2, 0) is 6.54 Å². The SMILES string of the molecule is O=C(Nc1nc2ccc(F)cc2s1)c1ccc(=O)n(CCOc2ccccc2)n1. The number of aromatic nitrogens is 3. The number of hydrogen-bond donors (Lipinski definition) is 1. The Hall–Kier alpha value is -3.59. The van der Waals surface area contributed by atoms with Gasteiger partial charge in [0.1, 0.15) is 23.9 Å². The van der Waals surface area contributed by atoms with Crippen molar-refractivity contribution >= 4 is 32.6 Å². The third-order valence-corrected chi connectivity index (χ3v) is 4.92. The van der Waals surface area contributed by atoms with Gasteiger partial charge in [0.2, 0.25) is 0 Å². The van der Waals surface area contributed by atoms with Crippen LogP contribution >= 0.6 is 11.3 Å². The topological polar surface area (TPSA) is 86.1 Å². The van der Waals surface area contributed by atoms with Crippen LogP contribution in [0, 0.1) is 5.82 Å². The Morgan fingerprint density at radius 3 is 2.79 bits per heavy atom. The molecule has 0 fully saturated rings. The lowest BCUT2D eigenvalue weighted by molar-refractivity contribution is 0.101. The van der Waals surface area contributed by atoms with Crippen molar-refractivity contribution in [1.82, 2.24) is 14.8 Å². The van der Waals surface area contributed by atoms with E-state index in [2.05, 4.69) is 15.4 Å². The molecule has 0 spiro atoms. The zero-order valence-corrected chi connectivity index (χ0v) is 15.9. The minimum atomic E-state index is -0.512. The number of carbonyl (C=O) groups excluding carboxylic acids is 1. The van der Waals surface area contributed by atoms with Crippen molar-refractivity contribution in [2.45, 2.75) is 6.54 Å². The van der Waals surface area contributed by atoms with Crippen LogP contribution in [0.3, 0.4) is 0 Å². The zero-order valence-electron chi connectivity index (χ0n) is 15.0. The molecule has 2 aromatic heterocycles. The summed E-state index contributed by atoms with van der Waals surface area (Å²) in [5.74, 6) is -0.200. The first kappa shape index (κ1) is 18.8. The number of benzene rings is 2. The van der Waals surface area contributed by atoms with Crippen LogP contribution in [-0.4, -0.2) is 27.3 Å². The minimum Gasteiger partial charge on any atom is -0.492 e. The van der Waals surface area contributed by atoms with Crippen molar-refractivity contribution in [2.24, 2.45) is 0 Å². The molecule has 1 amide bonds. The Labute approximate surface area is 168 Å². The average Bonchev–Trinajstić information content (AvgIpc) is 3.11. The number of thiazole rings is 1. The minimum absolute atomic E-state index is 0.0646. The highest BCUT2D eigenvalue weighted by molar-refractivity contribution is 7.22. The van der Waals surface area contributed by atoms with E-state index in [1.165, 1.54) is 28.9 Å². The molecule has 4 aromatic rings. The summed E-state index contributed by atoms with van der Waals surface area (Å²) in [7, 11) is 0. The van der Waals surface area contributed by atoms with Gasteiger partial charge in [-0.1, -0.05) is 29.5 Å². The molecule has 2 heterocycles. The second kappa shape index (κ2) is 8.19. The molecule has 0 bridgehead atoms. The van der Waals surface area contributed by atoms with Gasteiger partial charge in [0.15, 0.2) is 5.13 Å². The summed E-state index contributed by atoms with van der Waals surface area (Å²) in [6.45, 7) is 0.417. The van der Waals surface area contributed by atoms with Crippen molar-refractivity contribution in [3.8, 4) is 5.75 Å². The van der Waals surface area contributed by atoms with Crippen LogP contribution < -0.4 is 15.6 Å². The Balaban J connectivity index is 1.45. The molecule has 7 nitrogen and oxygen atoms in total. The van der Waals surface area contributed by atoms with E-state index in [0.717, 1.165) is 11.3 Å². The fourth-order valence-electron chi connectivity index (χ4n) is 2.61. The number of ether oxygens (including phenoxy) is 1. The molecule has 29 heavy (non-hydrogen) atoms. The van der Waals surface area contributed by atoms with Gasteiger partial charge in [0.05, 0.1) is 16.8 Å². The maximum absolute atomic E-state index is 13.3. The van der Waals surface area contributed by atoms with Crippen LogP contribution in [0.25, 0.3) is 10.2 Å². The summed E-state index contributed by atoms with van der Waals surface area (Å²) >= 11 is 1.15. The molecular formula is C20H15FN4O3S. The quantitative estimate of drug-likeness (QED) is 0.527. The first-order valence-corrected chi connectivity index (χ1v) is 9.53. The predicted molar refractivity (Wildman–Crippen MR) is 108 cm³/mol. The fraction of sp³-hybridized carbons (Fsp3) is 0.100. The van der Waals surface area contributed by atoms with Gasteiger partial charge in [-0.3, -0.25) is 14.9 Å². The molecule has 0 unspecified atom stereocenters. The van der Waals surface area contributed by atoms with Crippen molar-refractivity contribution in [3.63, 3.8) is 0 Å². The largest absolute Gasteiger partial charge is 0.492 e. The summed E-state index contributed by atoms with van der Waals surface area (Å²) in [4.78, 5) is 28.7. The second-order valence-electron chi connectivity index (χ2n) is 6.03. The summed E-state index contributed by atoms with van der Waals surface area (Å²) in [6, 6.07) is 16.0. The lowest BCUT2D eigenvalue weighted by atomic mass is 10.3. The molecule has 4 rings (SSSR count). The van der Waals surface area contributed by atoms with Crippen LogP contribution in [0.15, 0.2) is 65.5 Å². The molecular weight excluding hydrogens is 395 g/mol. The second-order valence-corrected chi connectivity index (χ2v) is 7.06. The zero-order chi connectivity index (χ0) is 20.2. The molecule has 0 saturated heterocycles. The highest BCUT2D eigenvalue weighted by atomic mass is 32.1. The molecule has 0 aliphatic heterocycles. The van der Waals surface area contributed by atoms with Crippen molar-refractivity contribution in [2.75, 3.05) is 11.9 Å². The summed E-state index contributed by atoms with van der Waals surface area (Å²) in [5.41, 5.74) is 0.311. The fourth-order valence-corrected chi connectivity index (χ4v) is 3.50. The molecule has 0 radical (unpaired) electrons. The number of fused-ring (bicyclic) bond motifs is 1. The Kier molecular flexibility index (Phi) is 5.30. The Morgan fingerprint density at radius 1 is 1.14 bits per heavy atom. The van der Waals surface area contributed by atoms with Crippen LogP contribution in [0.5, 0.6) is 5.75 Å². The van der Waals surface area contributed by atoms with Crippen molar-refractivity contribution in [1.29, 1.82) is 0 Å². The number of amides is 1. The average molecular weight is 410 g/mol. The molecule has 2 aromatic carbocycles. The predicted octanol–water partition coefficient (Wildman–Crippen LogP) is 3.32. The van der Waals surface area contributed by atoms with E-state index < -0.39 is 5.91 Å². The van der Waals surface area contributed by atoms with Crippen LogP contribution in [0.1, 0.15) is 10.5 Å². The number of halogens is 1. The van der Waals surface area contributed by atoms with E-state index in [1.807, 2.05) is 30.3 Å². The normalized spacial score (nSPS) is 10.8. The van der Waals surface area contributed by atoms with Crippen molar-refractivity contribution in [3.05, 3.63) is 82.5 Å². The molecule has 9 heteroatoms. The number of rotatable bonds is 6. The molecule has 1 N–H and O–H groups in total. The number of nitrogens with one attached hydrogen (secondary N) is 1. The maximum Gasteiger partial charge on any atom is 0.277 e. The van der Waals surface area contributed by atoms with E-state index in [0.29, 0.717) is 21.1 Å². The molecule has 0 aliphatic carbocycles. The van der Waals surface area contributed by atoms with Gasteiger partial charge in [-0.05, 0) is 36.4 Å². The van der Waals surface area contributed by atoms with Crippen molar-refractivity contribution < 1.29 is 13.9 Å². The van der Waals surface area contributed by atoms with E-state index in [9.17, 15) is 14.0 Å². The molecule has 0 atom stereocenters. The smallest absolute Gasteiger partial charge is 0.277 e. The molecule has 0 saturated carbocycles. The number of nitrogens with zero attached hydrogens (tertiary/aromatic N) is 3. The van der Waals surface area contributed by atoms with Gasteiger partial charge in [0.25, 0.3) is 11.5 Å². The van der Waals surface area contributed by atoms with Gasteiger partial charge in [-0.2, -0.15) is 5.10 Å². The van der Waals surface area contributed by atoms with Crippen LogP contribution in [0.4, 0.5) is 9.52 Å². The molecule has 146 valence electrons. The van der Waals surface area contributed by atoms with Gasteiger partial charge < -0.3 is 4.74 Å². The Morgan fingerprint density at radius 2 is 1.97 bits per heavy atom. The van der Waals surface area contributed by atoms with Gasteiger partial charge in [-0.25, -0.2) is 14.1 Å². The van der Waals surface area contributed by atoms with E-state index in [4.69, 9.17) is 4.74 Å². The van der Waals surface area contributed by atoms with Gasteiger partial charge in [0, 0.05) is 6.07 Å². The standard InChI is InChI=1S/C20H15FN4O3S/c21-13-6-7-15-17(12-13)29-20(22-15)23-19(27)16-8-9-18(26)25(24-16)10-11-28-14-4-2-1-3-5-14/h1-9,12H,10-11H2,(H,22,23,27). The lowest BCUT2D eigenvalue weighted by Gasteiger charge is -2.08. The van der Waals surface area contributed by atoms with E-state index in [1.54, 1.807) is 6.07 Å². The third kappa shape index (κ3) is 4.46. The van der Waals surface area contributed by atoms with Gasteiger partial charge >= 0.3 is 0 Å². The summed E-state index contributed by atoms with van der Waals surface area (Å²) in [5, 5.41) is 7.05.